The second-order valence-corrected chi connectivity index (χ2v) is 11.2. The van der Waals surface area contributed by atoms with E-state index in [2.05, 4.69) is 26.3 Å². The van der Waals surface area contributed by atoms with Gasteiger partial charge >= 0.3 is 0 Å². The summed E-state index contributed by atoms with van der Waals surface area (Å²) in [5.41, 5.74) is 2.19. The minimum Gasteiger partial charge on any atom is -0.467 e. The van der Waals surface area contributed by atoms with Crippen LogP contribution in [0.4, 0.5) is 5.82 Å². The maximum absolute atomic E-state index is 11.6. The summed E-state index contributed by atoms with van der Waals surface area (Å²) in [6.45, 7) is 4.76. The number of nitrogens with zero attached hydrogens (tertiary/aromatic N) is 3. The van der Waals surface area contributed by atoms with Gasteiger partial charge in [-0.3, -0.25) is 0 Å². The fraction of sp³-hybridized carbons (Fsp3) is 0.407. The number of hydrogen-bond donors (Lipinski definition) is 1. The standard InChI is InChI=1S/C27H32N4O4S/c1-4-20-12-13-24(25(17-20)35-19-34-5-2)26-22-10-6-7-11-23(22)27(30-29-26)28-21-9-8-14-31(18-21)15-16-36(3,32)33/h1,6-7,10-13,17,21H,5,8-9,14-16,18-19H2,2-3H3,(H,28,30)/t21-/m1/s1. The third-order valence-corrected chi connectivity index (χ3v) is 7.14. The second kappa shape index (κ2) is 11.7. The molecule has 0 aliphatic carbocycles. The van der Waals surface area contributed by atoms with Crippen molar-refractivity contribution in [3.05, 3.63) is 48.0 Å². The van der Waals surface area contributed by atoms with Gasteiger partial charge in [-0.2, -0.15) is 0 Å². The van der Waals surface area contributed by atoms with Crippen LogP contribution in [-0.4, -0.2) is 74.6 Å². The molecule has 9 heteroatoms. The van der Waals surface area contributed by atoms with Crippen LogP contribution < -0.4 is 10.1 Å². The zero-order chi connectivity index (χ0) is 25.5. The lowest BCUT2D eigenvalue weighted by atomic mass is 10.0. The fourth-order valence-corrected chi connectivity index (χ4v) is 4.98. The number of rotatable bonds is 10. The summed E-state index contributed by atoms with van der Waals surface area (Å²) < 4.78 is 34.4. The van der Waals surface area contributed by atoms with Crippen molar-refractivity contribution in [3.8, 4) is 29.4 Å². The highest BCUT2D eigenvalue weighted by Crippen LogP contribution is 2.36. The molecule has 0 saturated carbocycles. The van der Waals surface area contributed by atoms with E-state index in [0.29, 0.717) is 36.0 Å². The van der Waals surface area contributed by atoms with E-state index < -0.39 is 9.84 Å². The molecule has 36 heavy (non-hydrogen) atoms. The molecule has 2 heterocycles. The van der Waals surface area contributed by atoms with Gasteiger partial charge in [-0.15, -0.1) is 16.6 Å². The number of terminal acetylenes is 1. The molecular formula is C27H32N4O4S. The second-order valence-electron chi connectivity index (χ2n) is 8.97. The largest absolute Gasteiger partial charge is 0.467 e. The van der Waals surface area contributed by atoms with Crippen LogP contribution >= 0.6 is 0 Å². The predicted octanol–water partition coefficient (Wildman–Crippen LogP) is 3.57. The lowest BCUT2D eigenvalue weighted by Gasteiger charge is -2.33. The molecule has 1 aliphatic rings. The van der Waals surface area contributed by atoms with Gasteiger partial charge in [0.05, 0.1) is 5.75 Å². The Morgan fingerprint density at radius 1 is 1.19 bits per heavy atom. The van der Waals surface area contributed by atoms with Crippen LogP contribution in [-0.2, 0) is 14.6 Å². The van der Waals surface area contributed by atoms with Crippen molar-refractivity contribution in [1.29, 1.82) is 0 Å². The van der Waals surface area contributed by atoms with Crippen molar-refractivity contribution < 1.29 is 17.9 Å². The van der Waals surface area contributed by atoms with Crippen molar-refractivity contribution >= 4 is 26.4 Å². The smallest absolute Gasteiger partial charge is 0.189 e. The highest BCUT2D eigenvalue weighted by molar-refractivity contribution is 7.90. The van der Waals surface area contributed by atoms with Gasteiger partial charge in [-0.25, -0.2) is 8.42 Å². The number of hydrogen-bond acceptors (Lipinski definition) is 8. The summed E-state index contributed by atoms with van der Waals surface area (Å²) in [5.74, 6) is 4.11. The minimum absolute atomic E-state index is 0.111. The molecule has 0 spiro atoms. The van der Waals surface area contributed by atoms with Crippen LogP contribution in [0.25, 0.3) is 22.0 Å². The third-order valence-electron chi connectivity index (χ3n) is 6.22. The summed E-state index contributed by atoms with van der Waals surface area (Å²) in [5, 5.41) is 14.6. The molecule has 1 N–H and O–H groups in total. The molecule has 0 bridgehead atoms. The summed E-state index contributed by atoms with van der Waals surface area (Å²) in [7, 11) is -2.99. The molecule has 1 aromatic heterocycles. The number of piperidine rings is 1. The van der Waals surface area contributed by atoms with E-state index in [0.717, 1.165) is 42.3 Å². The Kier molecular flexibility index (Phi) is 8.41. The lowest BCUT2D eigenvalue weighted by molar-refractivity contribution is 0.0227. The Labute approximate surface area is 212 Å². The molecule has 1 saturated heterocycles. The van der Waals surface area contributed by atoms with E-state index >= 15 is 0 Å². The van der Waals surface area contributed by atoms with Gasteiger partial charge in [0, 0.05) is 53.9 Å². The minimum atomic E-state index is -2.99. The molecule has 190 valence electrons. The van der Waals surface area contributed by atoms with Crippen LogP contribution in [0.2, 0.25) is 0 Å². The van der Waals surface area contributed by atoms with Crippen molar-refractivity contribution in [2.45, 2.75) is 25.8 Å². The normalized spacial score (nSPS) is 16.5. The first kappa shape index (κ1) is 25.9. The number of ether oxygens (including phenoxy) is 2. The van der Waals surface area contributed by atoms with Gasteiger partial charge in [-0.1, -0.05) is 30.2 Å². The highest BCUT2D eigenvalue weighted by atomic mass is 32.2. The highest BCUT2D eigenvalue weighted by Gasteiger charge is 2.23. The Bertz CT molecular complexity index is 1350. The predicted molar refractivity (Wildman–Crippen MR) is 143 cm³/mol. The average molecular weight is 509 g/mol. The molecule has 1 atom stereocenters. The molecule has 0 unspecified atom stereocenters. The lowest BCUT2D eigenvalue weighted by Crippen LogP contribution is -2.43. The number of aromatic nitrogens is 2. The molecule has 0 radical (unpaired) electrons. The molecule has 2 aromatic carbocycles. The summed E-state index contributed by atoms with van der Waals surface area (Å²) in [6.07, 6.45) is 8.86. The van der Waals surface area contributed by atoms with Gasteiger partial charge in [-0.05, 0) is 44.5 Å². The number of nitrogens with one attached hydrogen (secondary N) is 1. The Morgan fingerprint density at radius 2 is 2.00 bits per heavy atom. The Balaban J connectivity index is 1.62. The summed E-state index contributed by atoms with van der Waals surface area (Å²) >= 11 is 0. The molecule has 1 aliphatic heterocycles. The van der Waals surface area contributed by atoms with Crippen molar-refractivity contribution in [2.75, 3.05) is 50.4 Å². The SMILES string of the molecule is C#Cc1ccc(-c2nnc(N[C@@H]3CCCN(CCS(C)(=O)=O)C3)c3ccccc23)c(OCOCC)c1. The van der Waals surface area contributed by atoms with Gasteiger partial charge in [0.2, 0.25) is 0 Å². The van der Waals surface area contributed by atoms with Crippen LogP contribution in [0.15, 0.2) is 42.5 Å². The maximum atomic E-state index is 11.6. The number of anilines is 1. The maximum Gasteiger partial charge on any atom is 0.189 e. The Morgan fingerprint density at radius 3 is 2.75 bits per heavy atom. The fourth-order valence-electron chi connectivity index (χ4n) is 4.39. The van der Waals surface area contributed by atoms with Crippen molar-refractivity contribution in [1.82, 2.24) is 15.1 Å². The summed E-state index contributed by atoms with van der Waals surface area (Å²) in [6, 6.07) is 13.7. The number of benzene rings is 2. The van der Waals surface area contributed by atoms with E-state index in [1.165, 1.54) is 6.26 Å². The molecule has 8 nitrogen and oxygen atoms in total. The molecule has 1 fully saturated rings. The first-order valence-electron chi connectivity index (χ1n) is 12.1. The topological polar surface area (TPSA) is 93.7 Å². The van der Waals surface area contributed by atoms with E-state index in [4.69, 9.17) is 15.9 Å². The quantitative estimate of drug-likeness (QED) is 0.252. The van der Waals surface area contributed by atoms with Gasteiger partial charge in [0.1, 0.15) is 21.3 Å². The van der Waals surface area contributed by atoms with Crippen molar-refractivity contribution in [2.24, 2.45) is 0 Å². The van der Waals surface area contributed by atoms with E-state index in [-0.39, 0.29) is 18.6 Å². The van der Waals surface area contributed by atoms with Gasteiger partial charge < -0.3 is 19.7 Å². The van der Waals surface area contributed by atoms with Crippen LogP contribution in [0.3, 0.4) is 0 Å². The number of likely N-dealkylation sites (tertiary alicyclic amines) is 1. The third kappa shape index (κ3) is 6.52. The van der Waals surface area contributed by atoms with E-state index in [9.17, 15) is 8.42 Å². The monoisotopic (exact) mass is 508 g/mol. The summed E-state index contributed by atoms with van der Waals surface area (Å²) in [4.78, 5) is 2.20. The van der Waals surface area contributed by atoms with E-state index in [1.54, 1.807) is 0 Å². The molecule has 3 aromatic rings. The van der Waals surface area contributed by atoms with Crippen LogP contribution in [0, 0.1) is 12.3 Å². The van der Waals surface area contributed by atoms with Crippen LogP contribution in [0.1, 0.15) is 25.3 Å². The zero-order valence-corrected chi connectivity index (χ0v) is 21.6. The Hall–Kier alpha value is -3.19. The first-order valence-corrected chi connectivity index (χ1v) is 14.2. The first-order chi connectivity index (χ1) is 17.4. The van der Waals surface area contributed by atoms with E-state index in [1.807, 2.05) is 49.4 Å². The van der Waals surface area contributed by atoms with Gasteiger partial charge in [0.15, 0.2) is 12.6 Å². The average Bonchev–Trinajstić information content (AvgIpc) is 2.88. The molecular weight excluding hydrogens is 476 g/mol. The van der Waals surface area contributed by atoms with Gasteiger partial charge in [0.25, 0.3) is 0 Å². The number of fused-ring (bicyclic) bond motifs is 1. The molecule has 4 rings (SSSR count). The van der Waals surface area contributed by atoms with Crippen LogP contribution in [0.5, 0.6) is 5.75 Å². The van der Waals surface area contributed by atoms with Crippen molar-refractivity contribution in [3.63, 3.8) is 0 Å². The zero-order valence-electron chi connectivity index (χ0n) is 20.7. The number of sulfone groups is 1. The molecule has 0 amide bonds.